The number of aryl methyl sites for hydroxylation is 2. The lowest BCUT2D eigenvalue weighted by molar-refractivity contribution is 0.603. The quantitative estimate of drug-likeness (QED) is 0.225. The molecule has 3 aromatic rings. The second kappa shape index (κ2) is 13.9. The topological polar surface area (TPSA) is 12.9 Å². The number of hydrogen-bond acceptors (Lipinski definition) is 1. The van der Waals surface area contributed by atoms with Crippen LogP contribution in [0, 0.1) is 5.82 Å². The van der Waals surface area contributed by atoms with E-state index in [2.05, 4.69) is 49.2 Å². The molecule has 0 radical (unpaired) electrons. The Morgan fingerprint density at radius 1 is 0.606 bits per heavy atom. The van der Waals surface area contributed by atoms with Crippen LogP contribution in [0.2, 0.25) is 0 Å². The molecular formula is C31H40FN. The Kier molecular flexibility index (Phi) is 10.6. The number of hydrogen-bond donors (Lipinski definition) is 0. The molecule has 0 aliphatic carbocycles. The van der Waals surface area contributed by atoms with Crippen molar-refractivity contribution in [3.05, 3.63) is 77.7 Å². The minimum atomic E-state index is -0.175. The third kappa shape index (κ3) is 8.11. The molecule has 0 fully saturated rings. The van der Waals surface area contributed by atoms with Gasteiger partial charge in [0.15, 0.2) is 0 Å². The molecule has 0 atom stereocenters. The van der Waals surface area contributed by atoms with E-state index in [9.17, 15) is 4.39 Å². The zero-order valence-electron chi connectivity index (χ0n) is 20.6. The molecule has 1 nitrogen and oxygen atoms in total. The molecule has 3 rings (SSSR count). The van der Waals surface area contributed by atoms with Gasteiger partial charge in [-0.15, -0.1) is 0 Å². The molecule has 176 valence electrons. The lowest BCUT2D eigenvalue weighted by Crippen LogP contribution is -1.93. The summed E-state index contributed by atoms with van der Waals surface area (Å²) in [6.07, 6.45) is 16.7. The van der Waals surface area contributed by atoms with Gasteiger partial charge in [-0.3, -0.25) is 4.98 Å². The Morgan fingerprint density at radius 2 is 1.18 bits per heavy atom. The molecular weight excluding hydrogens is 405 g/mol. The van der Waals surface area contributed by atoms with Crippen molar-refractivity contribution in [2.75, 3.05) is 0 Å². The van der Waals surface area contributed by atoms with E-state index in [1.807, 2.05) is 24.4 Å². The van der Waals surface area contributed by atoms with Gasteiger partial charge in [-0.25, -0.2) is 4.39 Å². The van der Waals surface area contributed by atoms with Gasteiger partial charge in [-0.05, 0) is 60.6 Å². The first-order chi connectivity index (χ1) is 16.2. The summed E-state index contributed by atoms with van der Waals surface area (Å²) in [6.45, 7) is 4.48. The third-order valence-electron chi connectivity index (χ3n) is 6.50. The normalized spacial score (nSPS) is 11.1. The van der Waals surface area contributed by atoms with E-state index in [-0.39, 0.29) is 5.82 Å². The van der Waals surface area contributed by atoms with Crippen LogP contribution in [0.1, 0.15) is 89.2 Å². The van der Waals surface area contributed by atoms with Crippen molar-refractivity contribution in [2.24, 2.45) is 0 Å². The van der Waals surface area contributed by atoms with Gasteiger partial charge >= 0.3 is 0 Å². The maximum atomic E-state index is 14.8. The van der Waals surface area contributed by atoms with Crippen molar-refractivity contribution in [3.8, 4) is 22.4 Å². The Morgan fingerprint density at radius 3 is 1.82 bits per heavy atom. The molecule has 0 spiro atoms. The summed E-state index contributed by atoms with van der Waals surface area (Å²) in [5.74, 6) is -0.175. The van der Waals surface area contributed by atoms with Crippen LogP contribution in [-0.2, 0) is 12.8 Å². The average molecular weight is 446 g/mol. The molecule has 0 saturated carbocycles. The molecule has 2 aromatic carbocycles. The number of benzene rings is 2. The van der Waals surface area contributed by atoms with Crippen LogP contribution in [0.3, 0.4) is 0 Å². The number of nitrogens with zero attached hydrogens (tertiary/aromatic N) is 1. The number of rotatable bonds is 14. The molecule has 1 heterocycles. The first-order valence-electron chi connectivity index (χ1n) is 13.1. The van der Waals surface area contributed by atoms with Crippen LogP contribution >= 0.6 is 0 Å². The first kappa shape index (κ1) is 25.1. The SMILES string of the molecule is CCCCCCCCc1ccc(-c2ccc(-c3ccc(CCCCCC)cc3)cn2)c(F)c1. The van der Waals surface area contributed by atoms with Crippen molar-refractivity contribution in [1.82, 2.24) is 4.98 Å². The zero-order chi connectivity index (χ0) is 23.3. The van der Waals surface area contributed by atoms with Crippen LogP contribution in [-0.4, -0.2) is 4.98 Å². The number of unbranched alkanes of at least 4 members (excludes halogenated alkanes) is 8. The highest BCUT2D eigenvalue weighted by Crippen LogP contribution is 2.26. The highest BCUT2D eigenvalue weighted by Gasteiger charge is 2.09. The Balaban J connectivity index is 1.56. The standard InChI is InChI=1S/C31H40FN/c1-3-5-7-9-10-12-14-26-17-21-29(30(32)23-26)31-22-20-28(24-33-31)27-18-15-25(16-19-27)13-11-8-6-4-2/h15-24H,3-14H2,1-2H3. The Bertz CT molecular complexity index is 944. The van der Waals surface area contributed by atoms with Crippen LogP contribution in [0.25, 0.3) is 22.4 Å². The van der Waals surface area contributed by atoms with Gasteiger partial charge in [-0.1, -0.05) is 102 Å². The molecule has 33 heavy (non-hydrogen) atoms. The summed E-state index contributed by atoms with van der Waals surface area (Å²) < 4.78 is 14.8. The summed E-state index contributed by atoms with van der Waals surface area (Å²) in [4.78, 5) is 4.57. The fourth-order valence-corrected chi connectivity index (χ4v) is 4.38. The van der Waals surface area contributed by atoms with Crippen molar-refractivity contribution in [3.63, 3.8) is 0 Å². The van der Waals surface area contributed by atoms with Gasteiger partial charge in [0.25, 0.3) is 0 Å². The van der Waals surface area contributed by atoms with Gasteiger partial charge in [-0.2, -0.15) is 0 Å². The maximum Gasteiger partial charge on any atom is 0.132 e. The van der Waals surface area contributed by atoms with E-state index in [1.54, 1.807) is 6.07 Å². The van der Waals surface area contributed by atoms with E-state index < -0.39 is 0 Å². The molecule has 0 saturated heterocycles. The van der Waals surface area contributed by atoms with Gasteiger partial charge in [0.1, 0.15) is 5.82 Å². The van der Waals surface area contributed by atoms with Crippen molar-refractivity contribution < 1.29 is 4.39 Å². The largest absolute Gasteiger partial charge is 0.256 e. The monoisotopic (exact) mass is 445 g/mol. The smallest absolute Gasteiger partial charge is 0.132 e. The maximum absolute atomic E-state index is 14.8. The van der Waals surface area contributed by atoms with Crippen molar-refractivity contribution >= 4 is 0 Å². The van der Waals surface area contributed by atoms with Gasteiger partial charge in [0.05, 0.1) is 5.69 Å². The van der Waals surface area contributed by atoms with Gasteiger partial charge < -0.3 is 0 Å². The lowest BCUT2D eigenvalue weighted by atomic mass is 10.0. The van der Waals surface area contributed by atoms with E-state index in [0.717, 1.165) is 36.0 Å². The second-order valence-electron chi connectivity index (χ2n) is 9.27. The zero-order valence-corrected chi connectivity index (χ0v) is 20.6. The highest BCUT2D eigenvalue weighted by atomic mass is 19.1. The second-order valence-corrected chi connectivity index (χ2v) is 9.27. The van der Waals surface area contributed by atoms with E-state index in [4.69, 9.17) is 0 Å². The highest BCUT2D eigenvalue weighted by molar-refractivity contribution is 5.67. The van der Waals surface area contributed by atoms with E-state index in [0.29, 0.717) is 11.3 Å². The van der Waals surface area contributed by atoms with Crippen LogP contribution in [0.15, 0.2) is 60.8 Å². The molecule has 2 heteroatoms. The van der Waals surface area contributed by atoms with Crippen LogP contribution in [0.4, 0.5) is 4.39 Å². The molecule has 0 amide bonds. The predicted molar refractivity (Wildman–Crippen MR) is 140 cm³/mol. The number of pyridine rings is 1. The molecule has 0 unspecified atom stereocenters. The average Bonchev–Trinajstić information content (AvgIpc) is 2.85. The first-order valence-corrected chi connectivity index (χ1v) is 13.1. The molecule has 0 aliphatic rings. The molecule has 1 aromatic heterocycles. The van der Waals surface area contributed by atoms with Gasteiger partial charge in [0.2, 0.25) is 0 Å². The summed E-state index contributed by atoms with van der Waals surface area (Å²) in [7, 11) is 0. The minimum Gasteiger partial charge on any atom is -0.256 e. The fourth-order valence-electron chi connectivity index (χ4n) is 4.38. The van der Waals surface area contributed by atoms with E-state index in [1.165, 1.54) is 63.4 Å². The van der Waals surface area contributed by atoms with E-state index >= 15 is 0 Å². The fraction of sp³-hybridized carbons (Fsp3) is 0.452. The Hall–Kier alpha value is -2.48. The summed E-state index contributed by atoms with van der Waals surface area (Å²) in [6, 6.07) is 18.4. The summed E-state index contributed by atoms with van der Waals surface area (Å²) >= 11 is 0. The molecule has 0 bridgehead atoms. The minimum absolute atomic E-state index is 0.175. The number of aromatic nitrogens is 1. The third-order valence-corrected chi connectivity index (χ3v) is 6.50. The number of halogens is 1. The Labute approximate surface area is 200 Å². The van der Waals surface area contributed by atoms with Crippen LogP contribution < -0.4 is 0 Å². The van der Waals surface area contributed by atoms with Crippen molar-refractivity contribution in [1.29, 1.82) is 0 Å². The lowest BCUT2D eigenvalue weighted by Gasteiger charge is -2.08. The van der Waals surface area contributed by atoms with Crippen LogP contribution in [0.5, 0.6) is 0 Å². The summed E-state index contributed by atoms with van der Waals surface area (Å²) in [5.41, 5.74) is 5.96. The molecule has 0 N–H and O–H groups in total. The predicted octanol–water partition coefficient (Wildman–Crippen LogP) is 9.58. The van der Waals surface area contributed by atoms with Gasteiger partial charge in [0, 0.05) is 17.3 Å². The van der Waals surface area contributed by atoms with Crippen molar-refractivity contribution in [2.45, 2.75) is 90.9 Å². The summed E-state index contributed by atoms with van der Waals surface area (Å²) in [5, 5.41) is 0. The molecule has 0 aliphatic heterocycles.